The minimum atomic E-state index is -0.0463. The lowest BCUT2D eigenvalue weighted by molar-refractivity contribution is -0.142. The van der Waals surface area contributed by atoms with E-state index in [1.54, 1.807) is 0 Å². The highest BCUT2D eigenvalue weighted by atomic mass is 16.5. The van der Waals surface area contributed by atoms with E-state index in [1.807, 2.05) is 0 Å². The van der Waals surface area contributed by atoms with Crippen LogP contribution in [0.25, 0.3) is 0 Å². The molecule has 6 heteroatoms. The quantitative estimate of drug-likeness (QED) is 0.693. The number of hydrogen-bond acceptors (Lipinski definition) is 5. The maximum atomic E-state index is 12.0. The van der Waals surface area contributed by atoms with Crippen molar-refractivity contribution in [3.8, 4) is 0 Å². The molecule has 0 saturated carbocycles. The Labute approximate surface area is 120 Å². The molecular formula is C14H25N3O3. The smallest absolute Gasteiger partial charge is 0.243 e. The summed E-state index contributed by atoms with van der Waals surface area (Å²) in [5, 5.41) is 0. The Morgan fingerprint density at radius 3 is 2.65 bits per heavy atom. The summed E-state index contributed by atoms with van der Waals surface area (Å²) >= 11 is 0. The van der Waals surface area contributed by atoms with Crippen molar-refractivity contribution in [3.63, 3.8) is 0 Å². The number of hydrogen-bond donors (Lipinski definition) is 1. The van der Waals surface area contributed by atoms with Gasteiger partial charge in [-0.3, -0.25) is 19.4 Å². The first-order valence-electron chi connectivity index (χ1n) is 7.58. The van der Waals surface area contributed by atoms with Crippen molar-refractivity contribution in [2.24, 2.45) is 5.73 Å². The predicted octanol–water partition coefficient (Wildman–Crippen LogP) is -0.0348. The summed E-state index contributed by atoms with van der Waals surface area (Å²) in [6.07, 6.45) is 4.42. The zero-order valence-electron chi connectivity index (χ0n) is 12.1. The van der Waals surface area contributed by atoms with Gasteiger partial charge < -0.3 is 10.5 Å². The molecule has 2 heterocycles. The number of rotatable bonds is 6. The van der Waals surface area contributed by atoms with E-state index in [2.05, 4.69) is 4.90 Å². The van der Waals surface area contributed by atoms with Gasteiger partial charge in [-0.25, -0.2) is 0 Å². The fourth-order valence-electron chi connectivity index (χ4n) is 2.76. The van der Waals surface area contributed by atoms with Crippen LogP contribution >= 0.6 is 0 Å². The van der Waals surface area contributed by atoms with Crippen LogP contribution in [0.4, 0.5) is 0 Å². The second kappa shape index (κ2) is 7.71. The monoisotopic (exact) mass is 283 g/mol. The lowest BCUT2D eigenvalue weighted by Crippen LogP contribution is -2.45. The number of carbonyl (C=O) groups excluding carboxylic acids is 2. The maximum absolute atomic E-state index is 12.0. The average molecular weight is 283 g/mol. The van der Waals surface area contributed by atoms with E-state index in [0.29, 0.717) is 32.2 Å². The van der Waals surface area contributed by atoms with Gasteiger partial charge in [0.2, 0.25) is 11.8 Å². The molecule has 2 aliphatic heterocycles. The minimum Gasteiger partial charge on any atom is -0.378 e. The molecule has 0 aromatic carbocycles. The molecule has 0 radical (unpaired) electrons. The van der Waals surface area contributed by atoms with Gasteiger partial charge in [-0.15, -0.1) is 0 Å². The van der Waals surface area contributed by atoms with Crippen molar-refractivity contribution < 1.29 is 14.3 Å². The Morgan fingerprint density at radius 1 is 1.30 bits per heavy atom. The van der Waals surface area contributed by atoms with Crippen molar-refractivity contribution in [2.75, 3.05) is 39.3 Å². The molecule has 0 atom stereocenters. The molecule has 20 heavy (non-hydrogen) atoms. The molecule has 2 N–H and O–H groups in total. The number of amides is 2. The molecule has 2 fully saturated rings. The van der Waals surface area contributed by atoms with Gasteiger partial charge >= 0.3 is 0 Å². The topological polar surface area (TPSA) is 75.9 Å². The molecule has 0 aromatic rings. The molecule has 0 spiro atoms. The predicted molar refractivity (Wildman–Crippen MR) is 75.0 cm³/mol. The SMILES string of the molecule is NCCCOC1CCN(CC(=O)N2CCCC2=O)CC1. The van der Waals surface area contributed by atoms with Crippen LogP contribution in [0.15, 0.2) is 0 Å². The van der Waals surface area contributed by atoms with Crippen molar-refractivity contribution >= 4 is 11.8 Å². The summed E-state index contributed by atoms with van der Waals surface area (Å²) in [4.78, 5) is 27.1. The third-order valence-corrected chi connectivity index (χ3v) is 3.97. The molecule has 6 nitrogen and oxygen atoms in total. The number of nitrogens with two attached hydrogens (primary N) is 1. The first-order valence-corrected chi connectivity index (χ1v) is 7.58. The van der Waals surface area contributed by atoms with Gasteiger partial charge in [-0.2, -0.15) is 0 Å². The van der Waals surface area contributed by atoms with E-state index in [9.17, 15) is 9.59 Å². The zero-order chi connectivity index (χ0) is 14.4. The third-order valence-electron chi connectivity index (χ3n) is 3.97. The zero-order valence-corrected chi connectivity index (χ0v) is 12.1. The first kappa shape index (κ1) is 15.4. The highest BCUT2D eigenvalue weighted by Gasteiger charge is 2.28. The van der Waals surface area contributed by atoms with Gasteiger partial charge in [0.25, 0.3) is 0 Å². The number of ether oxygens (including phenoxy) is 1. The van der Waals surface area contributed by atoms with Gasteiger partial charge in [0.05, 0.1) is 12.6 Å². The highest BCUT2D eigenvalue weighted by Crippen LogP contribution is 2.15. The van der Waals surface area contributed by atoms with Crippen LogP contribution in [-0.2, 0) is 14.3 Å². The summed E-state index contributed by atoms with van der Waals surface area (Å²) in [5.74, 6) is -0.0648. The molecule has 0 aliphatic carbocycles. The Balaban J connectivity index is 1.66. The normalized spacial score (nSPS) is 21.6. The van der Waals surface area contributed by atoms with Crippen LogP contribution in [0.2, 0.25) is 0 Å². The van der Waals surface area contributed by atoms with Crippen LogP contribution in [0, 0.1) is 0 Å². The van der Waals surface area contributed by atoms with Gasteiger partial charge in [-0.1, -0.05) is 0 Å². The van der Waals surface area contributed by atoms with E-state index in [0.717, 1.165) is 45.4 Å². The second-order valence-corrected chi connectivity index (χ2v) is 5.53. The molecule has 2 amide bonds. The molecule has 0 aromatic heterocycles. The molecule has 0 bridgehead atoms. The number of likely N-dealkylation sites (tertiary alicyclic amines) is 2. The standard InChI is InChI=1S/C14H25N3O3/c15-6-2-10-20-12-4-8-16(9-5-12)11-14(19)17-7-1-3-13(17)18/h12H,1-11,15H2. The average Bonchev–Trinajstić information content (AvgIpc) is 2.87. The summed E-state index contributed by atoms with van der Waals surface area (Å²) in [7, 11) is 0. The van der Waals surface area contributed by atoms with Gasteiger partial charge in [0.1, 0.15) is 0 Å². The van der Waals surface area contributed by atoms with Crippen LogP contribution in [0.5, 0.6) is 0 Å². The number of piperidine rings is 1. The molecule has 114 valence electrons. The lowest BCUT2D eigenvalue weighted by Gasteiger charge is -2.32. The first-order chi connectivity index (χ1) is 9.70. The van der Waals surface area contributed by atoms with Crippen molar-refractivity contribution in [1.29, 1.82) is 0 Å². The maximum Gasteiger partial charge on any atom is 0.243 e. The fourth-order valence-corrected chi connectivity index (χ4v) is 2.76. The number of carbonyl (C=O) groups is 2. The summed E-state index contributed by atoms with van der Waals surface area (Å²) in [6, 6.07) is 0. The minimum absolute atomic E-state index is 0.0185. The Bertz CT molecular complexity index is 341. The van der Waals surface area contributed by atoms with E-state index >= 15 is 0 Å². The van der Waals surface area contributed by atoms with E-state index in [4.69, 9.17) is 10.5 Å². The summed E-state index contributed by atoms with van der Waals surface area (Å²) in [5.41, 5.74) is 5.43. The highest BCUT2D eigenvalue weighted by molar-refractivity contribution is 5.97. The second-order valence-electron chi connectivity index (χ2n) is 5.53. The lowest BCUT2D eigenvalue weighted by atomic mass is 10.1. The van der Waals surface area contributed by atoms with Crippen molar-refractivity contribution in [3.05, 3.63) is 0 Å². The van der Waals surface area contributed by atoms with Crippen LogP contribution in [0.3, 0.4) is 0 Å². The molecule has 2 rings (SSSR count). The third kappa shape index (κ3) is 4.26. The van der Waals surface area contributed by atoms with E-state index < -0.39 is 0 Å². The molecule has 0 unspecified atom stereocenters. The summed E-state index contributed by atoms with van der Waals surface area (Å²) < 4.78 is 5.74. The van der Waals surface area contributed by atoms with Gasteiger partial charge in [-0.05, 0) is 32.2 Å². The van der Waals surface area contributed by atoms with Crippen molar-refractivity contribution in [1.82, 2.24) is 9.80 Å². The molecule has 2 aliphatic rings. The van der Waals surface area contributed by atoms with Gasteiger partial charge in [0, 0.05) is 32.7 Å². The Kier molecular flexibility index (Phi) is 5.94. The number of nitrogens with zero attached hydrogens (tertiary/aromatic N) is 2. The Morgan fingerprint density at radius 2 is 2.05 bits per heavy atom. The Hall–Kier alpha value is -0.980. The van der Waals surface area contributed by atoms with Gasteiger partial charge in [0.15, 0.2) is 0 Å². The van der Waals surface area contributed by atoms with Crippen LogP contribution in [0.1, 0.15) is 32.1 Å². The van der Waals surface area contributed by atoms with Crippen LogP contribution in [-0.4, -0.2) is 67.0 Å². The summed E-state index contributed by atoms with van der Waals surface area (Å²) in [6.45, 7) is 4.07. The van der Waals surface area contributed by atoms with E-state index in [1.165, 1.54) is 4.90 Å². The molecule has 2 saturated heterocycles. The van der Waals surface area contributed by atoms with Crippen molar-refractivity contribution in [2.45, 2.75) is 38.2 Å². The largest absolute Gasteiger partial charge is 0.378 e. The van der Waals surface area contributed by atoms with Crippen LogP contribution < -0.4 is 5.73 Å². The molecular weight excluding hydrogens is 258 g/mol. The fraction of sp³-hybridized carbons (Fsp3) is 0.857. The number of imide groups is 1. The van der Waals surface area contributed by atoms with E-state index in [-0.39, 0.29) is 11.8 Å².